The van der Waals surface area contributed by atoms with Gasteiger partial charge in [-0.3, -0.25) is 9.78 Å². The van der Waals surface area contributed by atoms with E-state index in [9.17, 15) is 4.79 Å². The summed E-state index contributed by atoms with van der Waals surface area (Å²) in [6.45, 7) is 4.18. The second-order valence-electron chi connectivity index (χ2n) is 5.09. The molecule has 22 heavy (non-hydrogen) atoms. The summed E-state index contributed by atoms with van der Waals surface area (Å²) in [6.07, 6.45) is 4.86. The Bertz CT molecular complexity index is 622. The van der Waals surface area contributed by atoms with Crippen molar-refractivity contribution in [2.45, 2.75) is 19.8 Å². The van der Waals surface area contributed by atoms with Crippen LogP contribution in [0.2, 0.25) is 0 Å². The van der Waals surface area contributed by atoms with Crippen molar-refractivity contribution in [2.75, 3.05) is 6.61 Å². The van der Waals surface area contributed by atoms with Gasteiger partial charge >= 0.3 is 0 Å². The Hall–Kier alpha value is -2.69. The maximum Gasteiger partial charge on any atom is 0.277 e. The van der Waals surface area contributed by atoms with Gasteiger partial charge in [-0.2, -0.15) is 5.10 Å². The molecule has 0 saturated carbocycles. The van der Waals surface area contributed by atoms with Gasteiger partial charge in [0.2, 0.25) is 0 Å². The fourth-order valence-electron chi connectivity index (χ4n) is 1.76. The molecule has 5 nitrogen and oxygen atoms in total. The number of hydrogen-bond donors (Lipinski definition) is 1. The standard InChI is InChI=1S/C17H19N3O2/c1-13(2)15-5-7-16(8-6-15)22-12-17(21)20-19-11-14-4-3-9-18-10-14/h3-11,13H,12H2,1-2H3,(H,20,21)/b19-11-. The first-order valence-electron chi connectivity index (χ1n) is 7.10. The van der Waals surface area contributed by atoms with Crippen molar-refractivity contribution in [1.29, 1.82) is 0 Å². The molecule has 1 aromatic heterocycles. The molecule has 0 atom stereocenters. The van der Waals surface area contributed by atoms with Crippen molar-refractivity contribution < 1.29 is 9.53 Å². The smallest absolute Gasteiger partial charge is 0.277 e. The molecular formula is C17H19N3O2. The van der Waals surface area contributed by atoms with Crippen LogP contribution in [-0.2, 0) is 4.79 Å². The highest BCUT2D eigenvalue weighted by Gasteiger charge is 2.03. The van der Waals surface area contributed by atoms with E-state index in [-0.39, 0.29) is 12.5 Å². The van der Waals surface area contributed by atoms with E-state index in [0.717, 1.165) is 5.56 Å². The number of rotatable bonds is 6. The molecule has 0 radical (unpaired) electrons. The summed E-state index contributed by atoms with van der Waals surface area (Å²) in [5, 5.41) is 3.85. The van der Waals surface area contributed by atoms with Gasteiger partial charge < -0.3 is 4.74 Å². The quantitative estimate of drug-likeness (QED) is 0.658. The van der Waals surface area contributed by atoms with Crippen molar-refractivity contribution >= 4 is 12.1 Å². The average molecular weight is 297 g/mol. The zero-order chi connectivity index (χ0) is 15.8. The Balaban J connectivity index is 1.77. The molecule has 2 rings (SSSR count). The van der Waals surface area contributed by atoms with Gasteiger partial charge in [0, 0.05) is 18.0 Å². The number of nitrogens with one attached hydrogen (secondary N) is 1. The zero-order valence-corrected chi connectivity index (χ0v) is 12.7. The fraction of sp³-hybridized carbons (Fsp3) is 0.235. The van der Waals surface area contributed by atoms with Crippen LogP contribution in [0.1, 0.15) is 30.9 Å². The van der Waals surface area contributed by atoms with E-state index in [1.165, 1.54) is 11.8 Å². The third kappa shape index (κ3) is 5.01. The third-order valence-corrected chi connectivity index (χ3v) is 3.00. The van der Waals surface area contributed by atoms with Gasteiger partial charge in [0.25, 0.3) is 5.91 Å². The van der Waals surface area contributed by atoms with Gasteiger partial charge in [0.15, 0.2) is 6.61 Å². The largest absolute Gasteiger partial charge is 0.484 e. The highest BCUT2D eigenvalue weighted by Crippen LogP contribution is 2.18. The maximum atomic E-state index is 11.6. The molecule has 0 aliphatic carbocycles. The Morgan fingerprint density at radius 1 is 1.32 bits per heavy atom. The van der Waals surface area contributed by atoms with E-state index in [2.05, 4.69) is 29.4 Å². The third-order valence-electron chi connectivity index (χ3n) is 3.00. The fourth-order valence-corrected chi connectivity index (χ4v) is 1.76. The predicted octanol–water partition coefficient (Wildman–Crippen LogP) is 2.73. The number of nitrogens with zero attached hydrogens (tertiary/aromatic N) is 2. The van der Waals surface area contributed by atoms with Gasteiger partial charge in [-0.1, -0.05) is 32.0 Å². The van der Waals surface area contributed by atoms with Crippen LogP contribution in [-0.4, -0.2) is 23.7 Å². The Morgan fingerprint density at radius 2 is 2.09 bits per heavy atom. The molecule has 2 aromatic rings. The molecule has 1 heterocycles. The Morgan fingerprint density at radius 3 is 2.73 bits per heavy atom. The van der Waals surface area contributed by atoms with Crippen LogP contribution in [0.25, 0.3) is 0 Å². The molecule has 0 bridgehead atoms. The summed E-state index contributed by atoms with van der Waals surface area (Å²) >= 11 is 0. The molecule has 1 N–H and O–H groups in total. The minimum Gasteiger partial charge on any atom is -0.484 e. The van der Waals surface area contributed by atoms with Crippen LogP contribution in [0.3, 0.4) is 0 Å². The normalized spacial score (nSPS) is 10.9. The molecule has 0 saturated heterocycles. The summed E-state index contributed by atoms with van der Waals surface area (Å²) < 4.78 is 5.41. The van der Waals surface area contributed by atoms with E-state index in [4.69, 9.17) is 4.74 Å². The molecule has 0 unspecified atom stereocenters. The molecule has 1 amide bonds. The second-order valence-corrected chi connectivity index (χ2v) is 5.09. The van der Waals surface area contributed by atoms with Crippen molar-refractivity contribution in [3.8, 4) is 5.75 Å². The van der Waals surface area contributed by atoms with E-state index in [1.807, 2.05) is 30.3 Å². The number of carbonyl (C=O) groups excluding carboxylic acids is 1. The van der Waals surface area contributed by atoms with E-state index < -0.39 is 0 Å². The highest BCUT2D eigenvalue weighted by molar-refractivity contribution is 5.82. The van der Waals surface area contributed by atoms with Crippen LogP contribution in [0.15, 0.2) is 53.9 Å². The lowest BCUT2D eigenvalue weighted by molar-refractivity contribution is -0.123. The van der Waals surface area contributed by atoms with Gasteiger partial charge in [-0.05, 0) is 29.7 Å². The number of hydrogen-bond acceptors (Lipinski definition) is 4. The number of ether oxygens (including phenoxy) is 1. The minimum absolute atomic E-state index is 0.0780. The van der Waals surface area contributed by atoms with E-state index >= 15 is 0 Å². The lowest BCUT2D eigenvalue weighted by Crippen LogP contribution is -2.24. The SMILES string of the molecule is CC(C)c1ccc(OCC(=O)N/N=C\c2cccnc2)cc1. The van der Waals surface area contributed by atoms with Crippen molar-refractivity contribution in [2.24, 2.45) is 5.10 Å². The second kappa shape index (κ2) is 7.93. The summed E-state index contributed by atoms with van der Waals surface area (Å²) in [6, 6.07) is 11.4. The molecule has 0 spiro atoms. The molecule has 5 heteroatoms. The van der Waals surface area contributed by atoms with Gasteiger partial charge in [0.05, 0.1) is 6.21 Å². The van der Waals surface area contributed by atoms with Crippen LogP contribution in [0, 0.1) is 0 Å². The number of benzene rings is 1. The summed E-state index contributed by atoms with van der Waals surface area (Å²) in [7, 11) is 0. The van der Waals surface area contributed by atoms with Crippen molar-refractivity contribution in [1.82, 2.24) is 10.4 Å². The van der Waals surface area contributed by atoms with Gasteiger partial charge in [0.1, 0.15) is 5.75 Å². The van der Waals surface area contributed by atoms with E-state index in [1.54, 1.807) is 18.5 Å². The lowest BCUT2D eigenvalue weighted by atomic mass is 10.0. The number of aromatic nitrogens is 1. The molecule has 0 fully saturated rings. The maximum absolute atomic E-state index is 11.6. The zero-order valence-electron chi connectivity index (χ0n) is 12.7. The molecule has 0 aliphatic heterocycles. The van der Waals surface area contributed by atoms with Crippen molar-refractivity contribution in [3.63, 3.8) is 0 Å². The monoisotopic (exact) mass is 297 g/mol. The van der Waals surface area contributed by atoms with Crippen LogP contribution < -0.4 is 10.2 Å². The number of pyridine rings is 1. The van der Waals surface area contributed by atoms with Crippen molar-refractivity contribution in [3.05, 3.63) is 59.9 Å². The minimum atomic E-state index is -0.312. The predicted molar refractivity (Wildman–Crippen MR) is 86.0 cm³/mol. The van der Waals surface area contributed by atoms with Gasteiger partial charge in [-0.25, -0.2) is 5.43 Å². The Kier molecular flexibility index (Phi) is 5.65. The van der Waals surface area contributed by atoms with Crippen LogP contribution in [0.4, 0.5) is 0 Å². The molecule has 0 aliphatic rings. The number of carbonyl (C=O) groups is 1. The molecule has 1 aromatic carbocycles. The highest BCUT2D eigenvalue weighted by atomic mass is 16.5. The first kappa shape index (κ1) is 15.7. The summed E-state index contributed by atoms with van der Waals surface area (Å²) in [5.41, 5.74) is 4.46. The number of amides is 1. The van der Waals surface area contributed by atoms with Gasteiger partial charge in [-0.15, -0.1) is 0 Å². The Labute approximate surface area is 130 Å². The number of hydrazone groups is 1. The van der Waals surface area contributed by atoms with Crippen LogP contribution >= 0.6 is 0 Å². The molecular weight excluding hydrogens is 278 g/mol. The van der Waals surface area contributed by atoms with Crippen LogP contribution in [0.5, 0.6) is 5.75 Å². The first-order valence-corrected chi connectivity index (χ1v) is 7.10. The average Bonchev–Trinajstić information content (AvgIpc) is 2.54. The topological polar surface area (TPSA) is 63.6 Å². The summed E-state index contributed by atoms with van der Waals surface area (Å²) in [5.74, 6) is 0.822. The lowest BCUT2D eigenvalue weighted by Gasteiger charge is -2.08. The van der Waals surface area contributed by atoms with E-state index in [0.29, 0.717) is 11.7 Å². The first-order chi connectivity index (χ1) is 10.6. The summed E-state index contributed by atoms with van der Waals surface area (Å²) in [4.78, 5) is 15.6. The molecule has 114 valence electrons.